The monoisotopic (exact) mass is 377 g/mol. The molecule has 2 heterocycles. The number of aromatic nitrogens is 1. The summed E-state index contributed by atoms with van der Waals surface area (Å²) in [6.45, 7) is 4.38. The Morgan fingerprint density at radius 2 is 2.11 bits per heavy atom. The molecular formula is C17H23N5O5. The molecule has 146 valence electrons. The summed E-state index contributed by atoms with van der Waals surface area (Å²) in [5, 5.41) is 18.4. The Labute approximate surface area is 156 Å². The van der Waals surface area contributed by atoms with Crippen molar-refractivity contribution < 1.29 is 24.0 Å². The number of carbonyl (C=O) groups is 2. The number of morpholine rings is 1. The molecule has 0 unspecified atom stereocenters. The third-order valence-electron chi connectivity index (χ3n) is 4.42. The fourth-order valence-corrected chi connectivity index (χ4v) is 2.96. The van der Waals surface area contributed by atoms with Gasteiger partial charge in [-0.15, -0.1) is 0 Å². The molecule has 0 aliphatic carbocycles. The van der Waals surface area contributed by atoms with Crippen LogP contribution in [0.3, 0.4) is 0 Å². The van der Waals surface area contributed by atoms with Crippen molar-refractivity contribution in [1.29, 1.82) is 0 Å². The quantitative estimate of drug-likeness (QED) is 0.689. The number of anilines is 1. The number of carboxylic acid groups (broad SMARTS) is 1. The maximum atomic E-state index is 12.4. The van der Waals surface area contributed by atoms with Gasteiger partial charge in [-0.1, -0.05) is 11.2 Å². The summed E-state index contributed by atoms with van der Waals surface area (Å²) in [6.07, 6.45) is -1.10. The first-order valence-electron chi connectivity index (χ1n) is 8.73. The summed E-state index contributed by atoms with van der Waals surface area (Å²) in [4.78, 5) is 26.8. The third-order valence-corrected chi connectivity index (χ3v) is 4.42. The zero-order valence-corrected chi connectivity index (χ0v) is 15.1. The first-order valence-corrected chi connectivity index (χ1v) is 8.73. The summed E-state index contributed by atoms with van der Waals surface area (Å²) < 4.78 is 10.7. The molecule has 10 heteroatoms. The van der Waals surface area contributed by atoms with Crippen molar-refractivity contribution in [2.24, 2.45) is 0 Å². The van der Waals surface area contributed by atoms with Gasteiger partial charge in [0.2, 0.25) is 0 Å². The van der Waals surface area contributed by atoms with Crippen LogP contribution in [0.15, 0.2) is 22.7 Å². The molecule has 3 N–H and O–H groups in total. The molecule has 3 rings (SSSR count). The lowest BCUT2D eigenvalue weighted by atomic mass is 10.1. The number of hydrogen-bond acceptors (Lipinski definition) is 6. The van der Waals surface area contributed by atoms with E-state index in [1.165, 1.54) is 0 Å². The number of rotatable bonds is 6. The van der Waals surface area contributed by atoms with Gasteiger partial charge in [-0.05, 0) is 17.7 Å². The van der Waals surface area contributed by atoms with E-state index < -0.39 is 6.09 Å². The van der Waals surface area contributed by atoms with Crippen LogP contribution in [-0.4, -0.2) is 73.7 Å². The van der Waals surface area contributed by atoms with Crippen molar-refractivity contribution in [2.45, 2.75) is 6.54 Å². The lowest BCUT2D eigenvalue weighted by Crippen LogP contribution is -2.45. The number of ether oxygens (including phenoxy) is 1. The molecule has 0 radical (unpaired) electrons. The fourth-order valence-electron chi connectivity index (χ4n) is 2.96. The third kappa shape index (κ3) is 4.66. The molecule has 0 spiro atoms. The topological polar surface area (TPSA) is 120 Å². The van der Waals surface area contributed by atoms with E-state index in [2.05, 4.69) is 20.7 Å². The van der Waals surface area contributed by atoms with Gasteiger partial charge in [0.25, 0.3) is 0 Å². The Morgan fingerprint density at radius 3 is 2.81 bits per heavy atom. The predicted molar refractivity (Wildman–Crippen MR) is 97.9 cm³/mol. The van der Waals surface area contributed by atoms with Gasteiger partial charge < -0.3 is 25.0 Å². The average Bonchev–Trinajstić information content (AvgIpc) is 3.10. The standard InChI is InChI=1S/C17H23N5O5/c1-18-16(23)22(5-4-21-6-8-26-9-7-21)15-13-3-2-12(11-19-17(24)25)10-14(13)27-20-15/h2-3,10,19H,4-9,11H2,1H3,(H,18,23)(H,24,25). The molecule has 1 aliphatic rings. The van der Waals surface area contributed by atoms with Gasteiger partial charge >= 0.3 is 12.1 Å². The van der Waals surface area contributed by atoms with Crippen LogP contribution in [0.25, 0.3) is 11.0 Å². The van der Waals surface area contributed by atoms with Crippen LogP contribution in [0, 0.1) is 0 Å². The smallest absolute Gasteiger partial charge is 0.404 e. The van der Waals surface area contributed by atoms with Crippen LogP contribution < -0.4 is 15.5 Å². The summed E-state index contributed by atoms with van der Waals surface area (Å²) in [5.74, 6) is 0.440. The van der Waals surface area contributed by atoms with Gasteiger partial charge in [0.05, 0.1) is 18.6 Å². The summed E-state index contributed by atoms with van der Waals surface area (Å²) in [6, 6.07) is 5.01. The van der Waals surface area contributed by atoms with E-state index in [4.69, 9.17) is 14.4 Å². The Morgan fingerprint density at radius 1 is 1.33 bits per heavy atom. The number of carbonyl (C=O) groups excluding carboxylic acids is 1. The number of benzene rings is 1. The Kier molecular flexibility index (Phi) is 6.09. The first kappa shape index (κ1) is 18.9. The number of urea groups is 1. The average molecular weight is 377 g/mol. The van der Waals surface area contributed by atoms with Crippen LogP contribution in [-0.2, 0) is 11.3 Å². The summed E-state index contributed by atoms with van der Waals surface area (Å²) >= 11 is 0. The van der Waals surface area contributed by atoms with Crippen molar-refractivity contribution in [1.82, 2.24) is 20.7 Å². The summed E-state index contributed by atoms with van der Waals surface area (Å²) in [5.41, 5.74) is 1.24. The fraction of sp³-hybridized carbons (Fsp3) is 0.471. The van der Waals surface area contributed by atoms with Crippen molar-refractivity contribution >= 4 is 28.9 Å². The van der Waals surface area contributed by atoms with Crippen LogP contribution in [0.5, 0.6) is 0 Å². The molecule has 1 aliphatic heterocycles. The minimum Gasteiger partial charge on any atom is -0.465 e. The van der Waals surface area contributed by atoms with Gasteiger partial charge in [0, 0.05) is 39.8 Å². The van der Waals surface area contributed by atoms with Gasteiger partial charge in [-0.2, -0.15) is 0 Å². The van der Waals surface area contributed by atoms with Crippen molar-refractivity contribution in [3.63, 3.8) is 0 Å². The van der Waals surface area contributed by atoms with E-state index in [-0.39, 0.29) is 12.6 Å². The minimum absolute atomic E-state index is 0.164. The molecule has 0 atom stereocenters. The maximum absolute atomic E-state index is 12.4. The second kappa shape index (κ2) is 8.69. The normalized spacial score (nSPS) is 14.9. The molecule has 3 amide bonds. The maximum Gasteiger partial charge on any atom is 0.404 e. The summed E-state index contributed by atoms with van der Waals surface area (Å²) in [7, 11) is 1.57. The van der Waals surface area contributed by atoms with Crippen LogP contribution in [0.4, 0.5) is 15.4 Å². The molecule has 2 aromatic rings. The van der Waals surface area contributed by atoms with Gasteiger partial charge in [-0.3, -0.25) is 9.80 Å². The number of nitrogens with one attached hydrogen (secondary N) is 2. The van der Waals surface area contributed by atoms with Crippen molar-refractivity contribution in [3.05, 3.63) is 23.8 Å². The largest absolute Gasteiger partial charge is 0.465 e. The minimum atomic E-state index is -1.10. The van der Waals surface area contributed by atoms with Gasteiger partial charge in [0.15, 0.2) is 11.4 Å². The second-order valence-corrected chi connectivity index (χ2v) is 6.16. The van der Waals surface area contributed by atoms with Crippen LogP contribution in [0.2, 0.25) is 0 Å². The highest BCUT2D eigenvalue weighted by Crippen LogP contribution is 2.27. The molecule has 0 bridgehead atoms. The van der Waals surface area contributed by atoms with Crippen LogP contribution in [0.1, 0.15) is 5.56 Å². The predicted octanol–water partition coefficient (Wildman–Crippen LogP) is 1.07. The van der Waals surface area contributed by atoms with Crippen molar-refractivity contribution in [3.8, 4) is 0 Å². The van der Waals surface area contributed by atoms with E-state index in [1.54, 1.807) is 30.1 Å². The highest BCUT2D eigenvalue weighted by atomic mass is 16.5. The first-order chi connectivity index (χ1) is 13.1. The molecule has 1 aromatic heterocycles. The molecule has 1 aromatic carbocycles. The molecule has 0 saturated carbocycles. The van der Waals surface area contributed by atoms with E-state index in [1.807, 2.05) is 0 Å². The molecule has 10 nitrogen and oxygen atoms in total. The zero-order chi connectivity index (χ0) is 19.2. The highest BCUT2D eigenvalue weighted by molar-refractivity contribution is 6.00. The Balaban J connectivity index is 1.77. The number of amides is 3. The number of fused-ring (bicyclic) bond motifs is 1. The SMILES string of the molecule is CNC(=O)N(CCN1CCOCC1)c1noc2cc(CNC(=O)O)ccc12. The van der Waals surface area contributed by atoms with E-state index in [0.29, 0.717) is 43.1 Å². The lowest BCUT2D eigenvalue weighted by Gasteiger charge is -2.29. The number of hydrogen-bond donors (Lipinski definition) is 3. The zero-order valence-electron chi connectivity index (χ0n) is 15.1. The van der Waals surface area contributed by atoms with E-state index in [0.717, 1.165) is 18.7 Å². The molecule has 1 saturated heterocycles. The molecule has 1 fully saturated rings. The van der Waals surface area contributed by atoms with Crippen molar-refractivity contribution in [2.75, 3.05) is 51.3 Å². The van der Waals surface area contributed by atoms with Gasteiger partial charge in [-0.25, -0.2) is 9.59 Å². The Hall–Kier alpha value is -2.85. The lowest BCUT2D eigenvalue weighted by molar-refractivity contribution is 0.0393. The number of nitrogens with zero attached hydrogens (tertiary/aromatic N) is 3. The van der Waals surface area contributed by atoms with Gasteiger partial charge in [0.1, 0.15) is 0 Å². The highest BCUT2D eigenvalue weighted by Gasteiger charge is 2.22. The van der Waals surface area contributed by atoms with Crippen LogP contribution >= 0.6 is 0 Å². The Bertz CT molecular complexity index is 802. The van der Waals surface area contributed by atoms with E-state index in [9.17, 15) is 9.59 Å². The molecular weight excluding hydrogens is 354 g/mol. The second-order valence-electron chi connectivity index (χ2n) is 6.16. The van der Waals surface area contributed by atoms with E-state index >= 15 is 0 Å². The molecule has 27 heavy (non-hydrogen) atoms.